The van der Waals surface area contributed by atoms with Gasteiger partial charge in [0, 0.05) is 0 Å². The quantitative estimate of drug-likeness (QED) is 0.340. The SMILES string of the molecule is OS.[CH2]c1ccccc1.[NaH]. The summed E-state index contributed by atoms with van der Waals surface area (Å²) in [5.74, 6) is 0. The Morgan fingerprint density at radius 2 is 1.50 bits per heavy atom. The van der Waals surface area contributed by atoms with E-state index in [1.54, 1.807) is 0 Å². The molecule has 0 aliphatic heterocycles. The average molecular weight is 165 g/mol. The van der Waals surface area contributed by atoms with Gasteiger partial charge >= 0.3 is 29.6 Å². The van der Waals surface area contributed by atoms with E-state index in [4.69, 9.17) is 4.55 Å². The molecule has 1 aromatic rings. The van der Waals surface area contributed by atoms with E-state index >= 15 is 0 Å². The van der Waals surface area contributed by atoms with Crippen LogP contribution in [-0.4, -0.2) is 34.1 Å². The molecule has 1 rings (SSSR count). The van der Waals surface area contributed by atoms with Crippen LogP contribution in [0.15, 0.2) is 30.3 Å². The molecular weight excluding hydrogens is 155 g/mol. The first kappa shape index (κ1) is 13.1. The predicted molar refractivity (Wildman–Crippen MR) is 49.7 cm³/mol. The second-order valence-corrected chi connectivity index (χ2v) is 1.49. The Kier molecular flexibility index (Phi) is 12.5. The van der Waals surface area contributed by atoms with Crippen LogP contribution in [0.2, 0.25) is 0 Å². The predicted octanol–water partition coefficient (Wildman–Crippen LogP) is 1.61. The molecule has 0 saturated heterocycles. The average Bonchev–Trinajstić information content (AvgIpc) is 1.94. The van der Waals surface area contributed by atoms with Crippen LogP contribution >= 0.6 is 12.9 Å². The molecule has 3 heteroatoms. The van der Waals surface area contributed by atoms with Crippen LogP contribution in [0.25, 0.3) is 0 Å². The van der Waals surface area contributed by atoms with Crippen LogP contribution in [0.4, 0.5) is 0 Å². The number of hydrogen-bond donors (Lipinski definition) is 2. The summed E-state index contributed by atoms with van der Waals surface area (Å²) in [6.07, 6.45) is 0. The molecule has 0 unspecified atom stereocenters. The van der Waals surface area contributed by atoms with E-state index in [-0.39, 0.29) is 29.6 Å². The normalized spacial score (nSPS) is 6.70. The maximum absolute atomic E-state index is 6.69. The summed E-state index contributed by atoms with van der Waals surface area (Å²) in [7, 11) is 0. The fourth-order valence-electron chi connectivity index (χ4n) is 0.478. The minimum atomic E-state index is 0. The second kappa shape index (κ2) is 9.53. The molecule has 0 amide bonds. The zero-order valence-corrected chi connectivity index (χ0v) is 5.88. The fourth-order valence-corrected chi connectivity index (χ4v) is 0.478. The molecule has 0 spiro atoms. The van der Waals surface area contributed by atoms with Crippen LogP contribution in [0.3, 0.4) is 0 Å². The van der Waals surface area contributed by atoms with E-state index in [2.05, 4.69) is 19.8 Å². The number of thiol groups is 1. The maximum atomic E-state index is 6.69. The van der Waals surface area contributed by atoms with Gasteiger partial charge in [-0.3, -0.25) is 0 Å². The summed E-state index contributed by atoms with van der Waals surface area (Å²) in [4.78, 5) is 0. The molecule has 0 aliphatic carbocycles. The van der Waals surface area contributed by atoms with Gasteiger partial charge in [-0.1, -0.05) is 30.3 Å². The molecule has 1 nitrogen and oxygen atoms in total. The molecule has 0 aliphatic rings. The summed E-state index contributed by atoms with van der Waals surface area (Å²) >= 11 is 2.53. The van der Waals surface area contributed by atoms with Gasteiger partial charge in [0.25, 0.3) is 0 Å². The van der Waals surface area contributed by atoms with Gasteiger partial charge in [0.05, 0.1) is 0 Å². The van der Waals surface area contributed by atoms with Gasteiger partial charge in [-0.25, -0.2) is 0 Å². The van der Waals surface area contributed by atoms with Crippen LogP contribution < -0.4 is 0 Å². The Balaban J connectivity index is 0. The standard InChI is InChI=1S/C7H7.Na.H2OS.H/c1-7-5-3-2-4-6-7;;1-2;/h2-6H,1H2;;1-2H;. The van der Waals surface area contributed by atoms with E-state index in [0.29, 0.717) is 0 Å². The van der Waals surface area contributed by atoms with Crippen molar-refractivity contribution in [3.05, 3.63) is 42.8 Å². The van der Waals surface area contributed by atoms with Gasteiger partial charge in [-0.2, -0.15) is 0 Å². The Morgan fingerprint density at radius 3 is 1.70 bits per heavy atom. The Hall–Kier alpha value is 0.530. The zero-order chi connectivity index (χ0) is 7.11. The van der Waals surface area contributed by atoms with Crippen molar-refractivity contribution >= 4 is 42.5 Å². The summed E-state index contributed by atoms with van der Waals surface area (Å²) in [5, 5.41) is 0. The number of benzene rings is 1. The molecule has 0 bridgehead atoms. The molecule has 0 heterocycles. The first-order valence-electron chi connectivity index (χ1n) is 2.46. The molecule has 51 valence electrons. The summed E-state index contributed by atoms with van der Waals surface area (Å²) in [6, 6.07) is 9.87. The fraction of sp³-hybridized carbons (Fsp3) is 0. The summed E-state index contributed by atoms with van der Waals surface area (Å²) in [6.45, 7) is 3.72. The van der Waals surface area contributed by atoms with Crippen molar-refractivity contribution in [2.24, 2.45) is 0 Å². The Bertz CT molecular complexity index is 144. The van der Waals surface area contributed by atoms with Crippen LogP contribution in [0.5, 0.6) is 0 Å². The van der Waals surface area contributed by atoms with Gasteiger partial charge in [0.15, 0.2) is 0 Å². The second-order valence-electron chi connectivity index (χ2n) is 1.49. The van der Waals surface area contributed by atoms with Gasteiger partial charge in [-0.15, -0.1) is 0 Å². The minimum absolute atomic E-state index is 0. The van der Waals surface area contributed by atoms with Crippen molar-refractivity contribution in [2.75, 3.05) is 0 Å². The van der Waals surface area contributed by atoms with E-state index < -0.39 is 0 Å². The van der Waals surface area contributed by atoms with Gasteiger partial charge in [0.2, 0.25) is 0 Å². The zero-order valence-electron chi connectivity index (χ0n) is 4.99. The molecule has 1 N–H and O–H groups in total. The molecular formula is C7H10NaOS. The van der Waals surface area contributed by atoms with Crippen LogP contribution in [-0.2, 0) is 0 Å². The van der Waals surface area contributed by atoms with E-state index in [0.717, 1.165) is 5.56 Å². The molecule has 0 aromatic heterocycles. The monoisotopic (exact) mass is 165 g/mol. The van der Waals surface area contributed by atoms with Gasteiger partial charge in [0.1, 0.15) is 0 Å². The summed E-state index contributed by atoms with van der Waals surface area (Å²) < 4.78 is 6.69. The topological polar surface area (TPSA) is 20.2 Å². The van der Waals surface area contributed by atoms with Crippen LogP contribution in [0, 0.1) is 6.92 Å². The number of hydrogen-bond acceptors (Lipinski definition) is 2. The van der Waals surface area contributed by atoms with Crippen molar-refractivity contribution in [1.29, 1.82) is 0 Å². The molecule has 0 atom stereocenters. The van der Waals surface area contributed by atoms with Crippen molar-refractivity contribution in [3.63, 3.8) is 0 Å². The molecule has 0 fully saturated rings. The van der Waals surface area contributed by atoms with Crippen molar-refractivity contribution < 1.29 is 4.55 Å². The van der Waals surface area contributed by atoms with Crippen LogP contribution in [0.1, 0.15) is 5.56 Å². The third-order valence-electron chi connectivity index (χ3n) is 0.843. The first-order valence-corrected chi connectivity index (χ1v) is 2.86. The Labute approximate surface area is 89.4 Å². The van der Waals surface area contributed by atoms with Gasteiger partial charge < -0.3 is 4.55 Å². The van der Waals surface area contributed by atoms with Crippen molar-refractivity contribution in [3.8, 4) is 0 Å². The van der Waals surface area contributed by atoms with Crippen molar-refractivity contribution in [2.45, 2.75) is 0 Å². The molecule has 1 radical (unpaired) electrons. The van der Waals surface area contributed by atoms with E-state index in [1.807, 2.05) is 30.3 Å². The molecule has 0 saturated carbocycles. The third-order valence-corrected chi connectivity index (χ3v) is 0.843. The van der Waals surface area contributed by atoms with E-state index in [1.165, 1.54) is 0 Å². The first-order chi connectivity index (χ1) is 4.39. The molecule has 10 heavy (non-hydrogen) atoms. The third kappa shape index (κ3) is 6.65. The van der Waals surface area contributed by atoms with E-state index in [9.17, 15) is 0 Å². The van der Waals surface area contributed by atoms with Gasteiger partial charge in [-0.05, 0) is 25.4 Å². The Morgan fingerprint density at radius 1 is 1.10 bits per heavy atom. The van der Waals surface area contributed by atoms with Crippen molar-refractivity contribution in [1.82, 2.24) is 0 Å². The summed E-state index contributed by atoms with van der Waals surface area (Å²) in [5.41, 5.74) is 1.07. The molecule has 1 aromatic carbocycles. The number of rotatable bonds is 0.